The van der Waals surface area contributed by atoms with Crippen LogP contribution in [0.15, 0.2) is 12.1 Å². The SMILES string of the molecule is [Na+].[O-]c1ccc(I)c(I)c1I. The Bertz CT molecular complexity index is 237. The van der Waals surface area contributed by atoms with Crippen LogP contribution in [-0.4, -0.2) is 0 Å². The van der Waals surface area contributed by atoms with Gasteiger partial charge in [-0.3, -0.25) is 0 Å². The molecule has 0 aliphatic carbocycles. The molecule has 0 atom stereocenters. The maximum Gasteiger partial charge on any atom is 1.00 e. The first-order valence-electron chi connectivity index (χ1n) is 2.43. The molecule has 1 aromatic carbocycles. The summed E-state index contributed by atoms with van der Waals surface area (Å²) in [6.45, 7) is 0. The van der Waals surface area contributed by atoms with E-state index in [1.807, 2.05) is 6.07 Å². The van der Waals surface area contributed by atoms with E-state index in [0.717, 1.165) is 10.7 Å². The topological polar surface area (TPSA) is 23.1 Å². The molecular weight excluding hydrogens is 492 g/mol. The van der Waals surface area contributed by atoms with E-state index >= 15 is 0 Å². The summed E-state index contributed by atoms with van der Waals surface area (Å²) in [6.07, 6.45) is 0. The fourth-order valence-corrected chi connectivity index (χ4v) is 2.39. The van der Waals surface area contributed by atoms with Crippen LogP contribution < -0.4 is 34.7 Å². The molecule has 0 aliphatic heterocycles. The minimum atomic E-state index is 0. The molecule has 0 fully saturated rings. The first-order chi connectivity index (χ1) is 4.63. The second-order valence-electron chi connectivity index (χ2n) is 1.67. The van der Waals surface area contributed by atoms with E-state index in [1.165, 1.54) is 0 Å². The van der Waals surface area contributed by atoms with E-state index in [4.69, 9.17) is 0 Å². The Morgan fingerprint density at radius 3 is 2.00 bits per heavy atom. The molecule has 0 bridgehead atoms. The van der Waals surface area contributed by atoms with Crippen LogP contribution >= 0.6 is 67.8 Å². The van der Waals surface area contributed by atoms with E-state index < -0.39 is 0 Å². The average molecular weight is 494 g/mol. The van der Waals surface area contributed by atoms with Gasteiger partial charge in [-0.1, -0.05) is 11.8 Å². The van der Waals surface area contributed by atoms with Crippen molar-refractivity contribution in [3.63, 3.8) is 0 Å². The molecule has 1 rings (SSSR count). The molecule has 0 unspecified atom stereocenters. The summed E-state index contributed by atoms with van der Waals surface area (Å²) in [5, 5.41) is 11.0. The molecule has 1 nitrogen and oxygen atoms in total. The zero-order valence-electron chi connectivity index (χ0n) is 5.70. The fourth-order valence-electron chi connectivity index (χ4n) is 0.508. The minimum Gasteiger partial charge on any atom is -0.872 e. The van der Waals surface area contributed by atoms with Gasteiger partial charge in [0, 0.05) is 10.7 Å². The second-order valence-corrected chi connectivity index (χ2v) is 4.99. The predicted molar refractivity (Wildman–Crippen MR) is 64.0 cm³/mol. The summed E-state index contributed by atoms with van der Waals surface area (Å²) in [6, 6.07) is 3.44. The average Bonchev–Trinajstić information content (AvgIpc) is 1.93. The van der Waals surface area contributed by atoms with Crippen LogP contribution in [0, 0.1) is 10.7 Å². The molecule has 0 radical (unpaired) electrons. The summed E-state index contributed by atoms with van der Waals surface area (Å²) in [5.41, 5.74) is 0. The molecule has 0 aliphatic rings. The fraction of sp³-hybridized carbons (Fsp3) is 0. The van der Waals surface area contributed by atoms with Gasteiger partial charge in [0.15, 0.2) is 0 Å². The number of hydrogen-bond donors (Lipinski definition) is 0. The van der Waals surface area contributed by atoms with E-state index in [9.17, 15) is 5.11 Å². The zero-order valence-corrected chi connectivity index (χ0v) is 14.2. The van der Waals surface area contributed by atoms with E-state index in [0.29, 0.717) is 0 Å². The van der Waals surface area contributed by atoms with Gasteiger partial charge < -0.3 is 5.11 Å². The van der Waals surface area contributed by atoms with Crippen molar-refractivity contribution in [2.24, 2.45) is 0 Å². The Morgan fingerprint density at radius 2 is 1.55 bits per heavy atom. The van der Waals surface area contributed by atoms with Crippen molar-refractivity contribution < 1.29 is 34.7 Å². The molecule has 5 heteroatoms. The van der Waals surface area contributed by atoms with Crippen molar-refractivity contribution in [2.75, 3.05) is 0 Å². The second kappa shape index (κ2) is 5.84. The van der Waals surface area contributed by atoms with Crippen LogP contribution in [0.4, 0.5) is 0 Å². The van der Waals surface area contributed by atoms with Crippen molar-refractivity contribution >= 4 is 67.8 Å². The number of rotatable bonds is 0. The maximum absolute atomic E-state index is 11.0. The Kier molecular flexibility index (Phi) is 7.01. The Balaban J connectivity index is 0.000001000. The monoisotopic (exact) mass is 494 g/mol. The Labute approximate surface area is 128 Å². The molecule has 0 spiro atoms. The van der Waals surface area contributed by atoms with Gasteiger partial charge in [0.1, 0.15) is 0 Å². The van der Waals surface area contributed by atoms with Crippen LogP contribution in [0.5, 0.6) is 5.75 Å². The molecule has 0 saturated heterocycles. The smallest absolute Gasteiger partial charge is 0.872 e. The Hall–Kier alpha value is 2.21. The van der Waals surface area contributed by atoms with Gasteiger partial charge >= 0.3 is 29.6 Å². The third kappa shape index (κ3) is 3.45. The number of halogens is 3. The molecular formula is C6H2I3NaO. The largest absolute Gasteiger partial charge is 1.00 e. The van der Waals surface area contributed by atoms with Crippen LogP contribution in [0.2, 0.25) is 0 Å². The van der Waals surface area contributed by atoms with Gasteiger partial charge in [-0.15, -0.1) is 0 Å². The molecule has 11 heavy (non-hydrogen) atoms. The van der Waals surface area contributed by atoms with Crippen LogP contribution in [0.1, 0.15) is 0 Å². The Morgan fingerprint density at radius 1 is 1.00 bits per heavy atom. The van der Waals surface area contributed by atoms with Gasteiger partial charge in [0.2, 0.25) is 0 Å². The summed E-state index contributed by atoms with van der Waals surface area (Å²) >= 11 is 6.46. The van der Waals surface area contributed by atoms with Crippen LogP contribution in [0.3, 0.4) is 0 Å². The molecule has 0 N–H and O–H groups in total. The molecule has 54 valence electrons. The molecule has 1 aromatic rings. The van der Waals surface area contributed by atoms with Crippen molar-refractivity contribution in [1.29, 1.82) is 0 Å². The first kappa shape index (κ1) is 13.2. The summed E-state index contributed by atoms with van der Waals surface area (Å²) in [7, 11) is 0. The van der Waals surface area contributed by atoms with Gasteiger partial charge in [0.25, 0.3) is 0 Å². The molecule has 0 amide bonds. The summed E-state index contributed by atoms with van der Waals surface area (Å²) in [5.74, 6) is 0.116. The van der Waals surface area contributed by atoms with E-state index in [-0.39, 0.29) is 35.3 Å². The van der Waals surface area contributed by atoms with Crippen molar-refractivity contribution in [1.82, 2.24) is 0 Å². The van der Waals surface area contributed by atoms with Gasteiger partial charge in [-0.05, 0) is 73.8 Å². The third-order valence-electron chi connectivity index (χ3n) is 1.000. The summed E-state index contributed by atoms with van der Waals surface area (Å²) in [4.78, 5) is 0. The normalized spacial score (nSPS) is 9.00. The van der Waals surface area contributed by atoms with Crippen LogP contribution in [-0.2, 0) is 0 Å². The van der Waals surface area contributed by atoms with Crippen molar-refractivity contribution in [2.45, 2.75) is 0 Å². The molecule has 0 heterocycles. The van der Waals surface area contributed by atoms with Crippen molar-refractivity contribution in [3.05, 3.63) is 22.8 Å². The van der Waals surface area contributed by atoms with E-state index in [1.54, 1.807) is 6.07 Å². The van der Waals surface area contributed by atoms with Gasteiger partial charge in [-0.25, -0.2) is 0 Å². The molecule has 0 saturated carbocycles. The van der Waals surface area contributed by atoms with Crippen LogP contribution in [0.25, 0.3) is 0 Å². The standard InChI is InChI=1S/C6H3I3O.Na/c7-3-1-2-4(10)6(9)5(3)8;/h1-2,10H;/q;+1/p-1. The maximum atomic E-state index is 11.0. The minimum absolute atomic E-state index is 0. The quantitative estimate of drug-likeness (QED) is 0.274. The van der Waals surface area contributed by atoms with Gasteiger partial charge in [0.05, 0.1) is 0 Å². The number of benzene rings is 1. The molecule has 0 aromatic heterocycles. The van der Waals surface area contributed by atoms with Gasteiger partial charge in [-0.2, -0.15) is 0 Å². The zero-order chi connectivity index (χ0) is 7.72. The van der Waals surface area contributed by atoms with Crippen molar-refractivity contribution in [3.8, 4) is 5.75 Å². The number of hydrogen-bond acceptors (Lipinski definition) is 1. The first-order valence-corrected chi connectivity index (χ1v) is 5.67. The predicted octanol–water partition coefficient (Wildman–Crippen LogP) is -0.422. The third-order valence-corrected chi connectivity index (χ3v) is 6.15. The van der Waals surface area contributed by atoms with E-state index in [2.05, 4.69) is 67.8 Å². The summed E-state index contributed by atoms with van der Waals surface area (Å²) < 4.78 is 3.03.